The standard InChI is InChI=1S/C15H32O4.H4O7P2/c1-13(2)8-6-4-3-5-7-9-14(19)15(10-16,11-17)12-18;1-8(2,3)7-9(4,5)6/h13-14,16-19H,3-12H2,1-2H3;(H2,1,2,3)(H2,4,5,6). The number of hydrogen-bond donors (Lipinski definition) is 8. The molecule has 0 heterocycles. The molecule has 0 aliphatic carbocycles. The molecular weight excluding hydrogens is 418 g/mol. The summed E-state index contributed by atoms with van der Waals surface area (Å²) in [5, 5.41) is 37.5. The fraction of sp³-hybridized carbons (Fsp3) is 1.00. The Labute approximate surface area is 165 Å². The SMILES string of the molecule is CC(C)CCCCCCCC(O)C(CO)(CO)CO.O=P(O)(O)OP(=O)(O)O. The van der Waals surface area contributed by atoms with Gasteiger partial charge in [-0.3, -0.25) is 0 Å². The van der Waals surface area contributed by atoms with Crippen LogP contribution >= 0.6 is 15.6 Å². The predicted octanol–water partition coefficient (Wildman–Crippen LogP) is 0.886. The van der Waals surface area contributed by atoms with Gasteiger partial charge in [0.05, 0.1) is 31.3 Å². The molecule has 0 aromatic carbocycles. The van der Waals surface area contributed by atoms with Crippen LogP contribution in [0, 0.1) is 11.3 Å². The van der Waals surface area contributed by atoms with Gasteiger partial charge in [-0.25, -0.2) is 9.13 Å². The summed E-state index contributed by atoms with van der Waals surface area (Å²) in [4.78, 5) is 31.0. The van der Waals surface area contributed by atoms with Gasteiger partial charge in [-0.05, 0) is 12.3 Å². The van der Waals surface area contributed by atoms with E-state index in [1.165, 1.54) is 19.3 Å². The van der Waals surface area contributed by atoms with E-state index in [-0.39, 0.29) is 0 Å². The Morgan fingerprint density at radius 3 is 1.39 bits per heavy atom. The summed E-state index contributed by atoms with van der Waals surface area (Å²) in [7, 11) is -10.1. The van der Waals surface area contributed by atoms with Gasteiger partial charge in [-0.2, -0.15) is 4.31 Å². The van der Waals surface area contributed by atoms with Crippen molar-refractivity contribution in [3.05, 3.63) is 0 Å². The Bertz CT molecular complexity index is 442. The molecule has 0 saturated heterocycles. The van der Waals surface area contributed by atoms with E-state index in [4.69, 9.17) is 19.6 Å². The fourth-order valence-corrected chi connectivity index (χ4v) is 3.44. The molecule has 0 aromatic heterocycles. The molecule has 1 unspecified atom stereocenters. The molecule has 13 heteroatoms. The van der Waals surface area contributed by atoms with Gasteiger partial charge >= 0.3 is 15.6 Å². The number of aliphatic hydroxyl groups is 4. The second kappa shape index (κ2) is 15.0. The topological polar surface area (TPSA) is 205 Å². The lowest BCUT2D eigenvalue weighted by molar-refractivity contribution is -0.0863. The molecular formula is C15H36O11P2. The zero-order chi connectivity index (χ0) is 22.4. The third-order valence-corrected chi connectivity index (χ3v) is 5.83. The summed E-state index contributed by atoms with van der Waals surface area (Å²) in [6.07, 6.45) is 6.50. The van der Waals surface area contributed by atoms with E-state index < -0.39 is 47.0 Å². The molecule has 0 fully saturated rings. The Hall–Kier alpha value is 0.100. The van der Waals surface area contributed by atoms with E-state index in [2.05, 4.69) is 18.2 Å². The van der Waals surface area contributed by atoms with Gasteiger partial charge in [0.1, 0.15) is 0 Å². The molecule has 1 atom stereocenters. The predicted molar refractivity (Wildman–Crippen MR) is 102 cm³/mol. The molecule has 0 saturated carbocycles. The highest BCUT2D eigenvalue weighted by atomic mass is 31.3. The highest BCUT2D eigenvalue weighted by Crippen LogP contribution is 2.53. The minimum absolute atomic E-state index is 0.393. The summed E-state index contributed by atoms with van der Waals surface area (Å²) in [6, 6.07) is 0. The molecule has 0 spiro atoms. The number of unbranched alkanes of at least 4 members (excludes halogenated alkanes) is 4. The van der Waals surface area contributed by atoms with Crippen LogP contribution in [0.5, 0.6) is 0 Å². The van der Waals surface area contributed by atoms with Crippen LogP contribution in [0.2, 0.25) is 0 Å². The molecule has 0 aromatic rings. The maximum atomic E-state index is 9.95. The average Bonchev–Trinajstić information content (AvgIpc) is 2.53. The van der Waals surface area contributed by atoms with Crippen LogP contribution in [0.4, 0.5) is 0 Å². The molecule has 0 aliphatic heterocycles. The quantitative estimate of drug-likeness (QED) is 0.137. The van der Waals surface area contributed by atoms with Crippen LogP contribution in [0.25, 0.3) is 0 Å². The summed E-state index contributed by atoms with van der Waals surface area (Å²) in [5.74, 6) is 0.765. The van der Waals surface area contributed by atoms with Gasteiger partial charge in [0.25, 0.3) is 0 Å². The minimum Gasteiger partial charge on any atom is -0.396 e. The first-order valence-corrected chi connectivity index (χ1v) is 12.1. The molecule has 0 radical (unpaired) electrons. The molecule has 8 N–H and O–H groups in total. The zero-order valence-corrected chi connectivity index (χ0v) is 18.2. The summed E-state index contributed by atoms with van der Waals surface area (Å²) >= 11 is 0. The second-order valence-corrected chi connectivity index (χ2v) is 9.77. The Morgan fingerprint density at radius 2 is 1.11 bits per heavy atom. The van der Waals surface area contributed by atoms with Gasteiger partial charge in [-0.1, -0.05) is 52.4 Å². The van der Waals surface area contributed by atoms with Crippen molar-refractivity contribution in [1.29, 1.82) is 0 Å². The highest BCUT2D eigenvalue weighted by molar-refractivity contribution is 7.60. The van der Waals surface area contributed by atoms with E-state index in [0.717, 1.165) is 25.2 Å². The zero-order valence-electron chi connectivity index (χ0n) is 16.4. The maximum Gasteiger partial charge on any atom is 0.478 e. The maximum absolute atomic E-state index is 9.95. The van der Waals surface area contributed by atoms with Crippen LogP contribution in [-0.4, -0.2) is 65.9 Å². The van der Waals surface area contributed by atoms with Crippen molar-refractivity contribution in [2.24, 2.45) is 11.3 Å². The Kier molecular flexibility index (Phi) is 16.2. The van der Waals surface area contributed by atoms with Crippen LogP contribution < -0.4 is 0 Å². The smallest absolute Gasteiger partial charge is 0.396 e. The van der Waals surface area contributed by atoms with E-state index in [0.29, 0.717) is 6.42 Å². The minimum atomic E-state index is -5.05. The molecule has 0 rings (SSSR count). The van der Waals surface area contributed by atoms with Gasteiger partial charge in [0, 0.05) is 0 Å². The van der Waals surface area contributed by atoms with Crippen LogP contribution in [0.15, 0.2) is 0 Å². The average molecular weight is 454 g/mol. The van der Waals surface area contributed by atoms with E-state index in [1.54, 1.807) is 0 Å². The van der Waals surface area contributed by atoms with Gasteiger partial charge in [0.15, 0.2) is 0 Å². The fourth-order valence-electron chi connectivity index (χ4n) is 2.33. The third-order valence-electron chi connectivity index (χ3n) is 4.12. The third kappa shape index (κ3) is 17.0. The Balaban J connectivity index is 0. The first-order chi connectivity index (χ1) is 12.7. The van der Waals surface area contributed by atoms with Crippen molar-refractivity contribution in [2.75, 3.05) is 19.8 Å². The summed E-state index contributed by atoms with van der Waals surface area (Å²) in [6.45, 7) is 3.28. The van der Waals surface area contributed by atoms with E-state index in [1.807, 2.05) is 0 Å². The lowest BCUT2D eigenvalue weighted by atomic mass is 9.82. The molecule has 28 heavy (non-hydrogen) atoms. The molecule has 0 bridgehead atoms. The van der Waals surface area contributed by atoms with Crippen molar-refractivity contribution in [1.82, 2.24) is 0 Å². The van der Waals surface area contributed by atoms with Crippen LogP contribution in [0.3, 0.4) is 0 Å². The van der Waals surface area contributed by atoms with Crippen molar-refractivity contribution in [2.45, 2.75) is 64.9 Å². The highest BCUT2D eigenvalue weighted by Gasteiger charge is 2.36. The first-order valence-electron chi connectivity index (χ1n) is 9.06. The number of phosphoric acid groups is 2. The number of rotatable bonds is 14. The van der Waals surface area contributed by atoms with Crippen molar-refractivity contribution >= 4 is 15.6 Å². The lowest BCUT2D eigenvalue weighted by Gasteiger charge is -2.32. The molecule has 11 nitrogen and oxygen atoms in total. The van der Waals surface area contributed by atoms with Crippen molar-refractivity contribution in [3.63, 3.8) is 0 Å². The normalized spacial score (nSPS) is 14.0. The Morgan fingerprint density at radius 1 is 0.750 bits per heavy atom. The molecule has 172 valence electrons. The van der Waals surface area contributed by atoms with Crippen LogP contribution in [-0.2, 0) is 13.4 Å². The lowest BCUT2D eigenvalue weighted by Crippen LogP contribution is -2.45. The van der Waals surface area contributed by atoms with E-state index in [9.17, 15) is 29.6 Å². The van der Waals surface area contributed by atoms with Crippen molar-refractivity contribution < 1.29 is 53.4 Å². The molecule has 0 aliphatic rings. The second-order valence-electron chi connectivity index (χ2n) is 7.15. The molecule has 0 amide bonds. The monoisotopic (exact) mass is 454 g/mol. The van der Waals surface area contributed by atoms with Gasteiger partial charge in [0.2, 0.25) is 0 Å². The number of aliphatic hydroxyl groups excluding tert-OH is 4. The van der Waals surface area contributed by atoms with Gasteiger partial charge in [-0.15, -0.1) is 0 Å². The first kappa shape index (κ1) is 30.3. The summed E-state index contributed by atoms with van der Waals surface area (Å²) < 4.78 is 22.2. The van der Waals surface area contributed by atoms with Gasteiger partial charge < -0.3 is 40.0 Å². The largest absolute Gasteiger partial charge is 0.478 e. The summed E-state index contributed by atoms with van der Waals surface area (Å²) in [5.41, 5.74) is -1.16. The van der Waals surface area contributed by atoms with Crippen molar-refractivity contribution in [3.8, 4) is 0 Å². The number of hydrogen-bond acceptors (Lipinski definition) is 7. The van der Waals surface area contributed by atoms with E-state index >= 15 is 0 Å². The van der Waals surface area contributed by atoms with Crippen LogP contribution in [0.1, 0.15) is 58.8 Å².